The van der Waals surface area contributed by atoms with Gasteiger partial charge in [0.15, 0.2) is 0 Å². The molecule has 5 rings (SSSR count). The van der Waals surface area contributed by atoms with Gasteiger partial charge in [-0.25, -0.2) is 9.37 Å². The van der Waals surface area contributed by atoms with E-state index in [-0.39, 0.29) is 12.0 Å². The molecule has 0 saturated carbocycles. The van der Waals surface area contributed by atoms with Gasteiger partial charge in [-0.2, -0.15) is 4.98 Å². The molecular formula is C28H33FN6O. The lowest BCUT2D eigenvalue weighted by Gasteiger charge is -2.37. The summed E-state index contributed by atoms with van der Waals surface area (Å²) in [4.78, 5) is 21.1. The molecule has 8 heteroatoms. The smallest absolute Gasteiger partial charge is 0.228 e. The summed E-state index contributed by atoms with van der Waals surface area (Å²) < 4.78 is 20.2. The molecule has 0 bridgehead atoms. The van der Waals surface area contributed by atoms with Crippen LogP contribution in [-0.2, 0) is 4.74 Å². The monoisotopic (exact) mass is 488 g/mol. The van der Waals surface area contributed by atoms with Crippen LogP contribution < -0.4 is 9.80 Å². The van der Waals surface area contributed by atoms with Crippen LogP contribution in [0, 0.1) is 0 Å². The number of aromatic nitrogens is 2. The van der Waals surface area contributed by atoms with Gasteiger partial charge in [-0.05, 0) is 56.6 Å². The highest BCUT2D eigenvalue weighted by molar-refractivity contribution is 5.76. The fourth-order valence-electron chi connectivity index (χ4n) is 4.68. The first-order valence-corrected chi connectivity index (χ1v) is 12.5. The molecule has 1 aromatic rings. The van der Waals surface area contributed by atoms with Crippen molar-refractivity contribution in [1.29, 1.82) is 0 Å². The molecule has 1 saturated heterocycles. The molecule has 1 unspecified atom stereocenters. The maximum atomic E-state index is 14.7. The Balaban J connectivity index is 1.49. The Kier molecular flexibility index (Phi) is 7.13. The fraction of sp³-hybridized carbons (Fsp3) is 0.393. The van der Waals surface area contributed by atoms with E-state index in [4.69, 9.17) is 14.7 Å². The van der Waals surface area contributed by atoms with Crippen LogP contribution in [0.15, 0.2) is 76.4 Å². The Hall–Kier alpha value is -3.52. The summed E-state index contributed by atoms with van der Waals surface area (Å²) in [5, 5.41) is 0. The van der Waals surface area contributed by atoms with Crippen LogP contribution >= 0.6 is 0 Å². The van der Waals surface area contributed by atoms with Crippen molar-refractivity contribution < 1.29 is 9.13 Å². The Morgan fingerprint density at radius 3 is 2.67 bits per heavy atom. The van der Waals surface area contributed by atoms with Gasteiger partial charge >= 0.3 is 0 Å². The van der Waals surface area contributed by atoms with Gasteiger partial charge in [0.05, 0.1) is 18.9 Å². The lowest BCUT2D eigenvalue weighted by molar-refractivity contribution is 0.122. The number of halogens is 1. The fourth-order valence-corrected chi connectivity index (χ4v) is 4.68. The molecule has 188 valence electrons. The van der Waals surface area contributed by atoms with Gasteiger partial charge in [-0.1, -0.05) is 23.8 Å². The number of ether oxygens (including phenoxy) is 1. The van der Waals surface area contributed by atoms with Gasteiger partial charge in [0.25, 0.3) is 0 Å². The normalized spacial score (nSPS) is 22.8. The molecule has 4 aliphatic rings. The molecule has 3 aliphatic heterocycles. The minimum absolute atomic E-state index is 0.0260. The molecule has 0 N–H and O–H groups in total. The third kappa shape index (κ3) is 5.33. The standard InChI is InChI=1S/C28H33FN6O/c1-20-6-5-9-30-26(16-20)34-10-11-35(22(3)19-34)27-18-25(23-8-4-7-21(2)24(29)17-23)31-28(32-27)33-12-14-36-15-13-33/h5-9,16-19,26H,4,10-15H2,1-3H3. The molecule has 7 nitrogen and oxygen atoms in total. The first-order chi connectivity index (χ1) is 17.5. The minimum atomic E-state index is -0.224. The second kappa shape index (κ2) is 10.6. The van der Waals surface area contributed by atoms with Crippen molar-refractivity contribution in [3.8, 4) is 0 Å². The van der Waals surface area contributed by atoms with Gasteiger partial charge < -0.3 is 19.4 Å². The lowest BCUT2D eigenvalue weighted by atomic mass is 10.1. The summed E-state index contributed by atoms with van der Waals surface area (Å²) in [5.74, 6) is 1.25. The molecule has 4 heterocycles. The summed E-state index contributed by atoms with van der Waals surface area (Å²) in [7, 11) is 0. The average molecular weight is 489 g/mol. The molecule has 0 amide bonds. The molecular weight excluding hydrogens is 455 g/mol. The topological polar surface area (TPSA) is 57.1 Å². The molecule has 0 aromatic carbocycles. The maximum absolute atomic E-state index is 14.7. The SMILES string of the molecule is CC1=CC(N2C=C(C)N(c3cc(C4=CCC=C(C)C(F)=C4)nc(N4CCOCC4)n3)CC2)N=CC=C1. The zero-order chi connectivity index (χ0) is 25.1. The highest BCUT2D eigenvalue weighted by Gasteiger charge is 2.25. The predicted molar refractivity (Wildman–Crippen MR) is 144 cm³/mol. The van der Waals surface area contributed by atoms with E-state index in [0.717, 1.165) is 49.0 Å². The summed E-state index contributed by atoms with van der Waals surface area (Å²) in [6, 6.07) is 1.98. The van der Waals surface area contributed by atoms with Gasteiger partial charge in [0, 0.05) is 50.4 Å². The molecule has 36 heavy (non-hydrogen) atoms. The maximum Gasteiger partial charge on any atom is 0.228 e. The van der Waals surface area contributed by atoms with E-state index in [1.165, 1.54) is 5.57 Å². The second-order valence-corrected chi connectivity index (χ2v) is 9.43. The van der Waals surface area contributed by atoms with E-state index >= 15 is 0 Å². The zero-order valence-corrected chi connectivity index (χ0v) is 21.2. The number of aliphatic imine (C=N–C) groups is 1. The van der Waals surface area contributed by atoms with Crippen molar-refractivity contribution in [3.05, 3.63) is 77.1 Å². The number of rotatable bonds is 4. The van der Waals surface area contributed by atoms with Gasteiger partial charge in [0.2, 0.25) is 5.95 Å². The second-order valence-electron chi connectivity index (χ2n) is 9.43. The molecule has 1 fully saturated rings. The van der Waals surface area contributed by atoms with Crippen LogP contribution in [0.1, 0.15) is 32.9 Å². The third-order valence-corrected chi connectivity index (χ3v) is 6.78. The number of morpholine rings is 1. The van der Waals surface area contributed by atoms with Crippen LogP contribution in [0.3, 0.4) is 0 Å². The van der Waals surface area contributed by atoms with E-state index in [1.54, 1.807) is 13.0 Å². The summed E-state index contributed by atoms with van der Waals surface area (Å²) in [6.45, 7) is 10.3. The van der Waals surface area contributed by atoms with Crippen molar-refractivity contribution >= 4 is 23.6 Å². The Morgan fingerprint density at radius 2 is 1.86 bits per heavy atom. The lowest BCUT2D eigenvalue weighted by Crippen LogP contribution is -2.42. The third-order valence-electron chi connectivity index (χ3n) is 6.78. The number of hydrogen-bond acceptors (Lipinski definition) is 7. The van der Waals surface area contributed by atoms with Gasteiger partial charge in [-0.3, -0.25) is 4.99 Å². The quantitative estimate of drug-likeness (QED) is 0.607. The molecule has 1 atom stereocenters. The Labute approximate surface area is 212 Å². The molecule has 0 radical (unpaired) electrons. The van der Waals surface area contributed by atoms with E-state index in [0.29, 0.717) is 31.2 Å². The predicted octanol–water partition coefficient (Wildman–Crippen LogP) is 4.80. The van der Waals surface area contributed by atoms with Crippen molar-refractivity contribution in [3.63, 3.8) is 0 Å². The van der Waals surface area contributed by atoms with Crippen molar-refractivity contribution in [2.45, 2.75) is 33.4 Å². The number of allylic oxidation sites excluding steroid dienone is 10. The number of anilines is 2. The highest BCUT2D eigenvalue weighted by Crippen LogP contribution is 2.30. The Morgan fingerprint density at radius 1 is 1.03 bits per heavy atom. The van der Waals surface area contributed by atoms with Crippen LogP contribution in [0.25, 0.3) is 5.57 Å². The number of hydrogen-bond donors (Lipinski definition) is 0. The van der Waals surface area contributed by atoms with Crippen molar-refractivity contribution in [1.82, 2.24) is 14.9 Å². The van der Waals surface area contributed by atoms with Crippen molar-refractivity contribution in [2.75, 3.05) is 49.2 Å². The van der Waals surface area contributed by atoms with Gasteiger partial charge in [0.1, 0.15) is 17.8 Å². The zero-order valence-electron chi connectivity index (χ0n) is 21.2. The number of nitrogens with zero attached hydrogens (tertiary/aromatic N) is 6. The largest absolute Gasteiger partial charge is 0.378 e. The van der Waals surface area contributed by atoms with E-state index < -0.39 is 0 Å². The molecule has 0 spiro atoms. The minimum Gasteiger partial charge on any atom is -0.378 e. The van der Waals surface area contributed by atoms with E-state index in [1.807, 2.05) is 30.5 Å². The van der Waals surface area contributed by atoms with E-state index in [2.05, 4.69) is 51.9 Å². The van der Waals surface area contributed by atoms with Crippen LogP contribution in [0.5, 0.6) is 0 Å². The van der Waals surface area contributed by atoms with Crippen LogP contribution in [-0.4, -0.2) is 66.6 Å². The van der Waals surface area contributed by atoms with Crippen molar-refractivity contribution in [2.24, 2.45) is 4.99 Å². The Bertz CT molecular complexity index is 1220. The first kappa shape index (κ1) is 24.2. The summed E-state index contributed by atoms with van der Waals surface area (Å²) in [6.07, 6.45) is 16.4. The van der Waals surface area contributed by atoms with E-state index in [9.17, 15) is 4.39 Å². The molecule has 1 aromatic heterocycles. The average Bonchev–Trinajstić information content (AvgIpc) is 3.21. The van der Waals surface area contributed by atoms with Crippen LogP contribution in [0.2, 0.25) is 0 Å². The van der Waals surface area contributed by atoms with Crippen LogP contribution in [0.4, 0.5) is 16.2 Å². The summed E-state index contributed by atoms with van der Waals surface area (Å²) in [5.41, 5.74) is 4.43. The summed E-state index contributed by atoms with van der Waals surface area (Å²) >= 11 is 0. The highest BCUT2D eigenvalue weighted by atomic mass is 19.1. The molecule has 1 aliphatic carbocycles. The first-order valence-electron chi connectivity index (χ1n) is 12.5. The van der Waals surface area contributed by atoms with Gasteiger partial charge in [-0.15, -0.1) is 0 Å².